The number of alkyl carbamates (subject to hydrolysis) is 1. The van der Waals surface area contributed by atoms with Gasteiger partial charge in [-0.3, -0.25) is 4.79 Å². The van der Waals surface area contributed by atoms with Gasteiger partial charge < -0.3 is 34.7 Å². The van der Waals surface area contributed by atoms with Crippen LogP contribution in [0.3, 0.4) is 0 Å². The van der Waals surface area contributed by atoms with Gasteiger partial charge in [0.2, 0.25) is 0 Å². The number of rotatable bonds is 9. The number of H-pyrrole nitrogens is 1. The molecule has 0 saturated carbocycles. The fourth-order valence-electron chi connectivity index (χ4n) is 5.52. The SMILES string of the molecule is COC(=O)c1cc(-c2ccc(C(=O)N3CCOCC3)cc2)ccc1N[C@@H](C#N)[C@H](Cc1c[nH]c2ccccc12)NC(=O)OC(C)(C)C. The summed E-state index contributed by atoms with van der Waals surface area (Å²) < 4.78 is 16.0. The third kappa shape index (κ3) is 8.09. The van der Waals surface area contributed by atoms with Crippen molar-refractivity contribution in [1.82, 2.24) is 15.2 Å². The maximum Gasteiger partial charge on any atom is 0.407 e. The van der Waals surface area contributed by atoms with Crippen LogP contribution >= 0.6 is 0 Å². The van der Waals surface area contributed by atoms with Crippen molar-refractivity contribution in [3.8, 4) is 17.2 Å². The third-order valence-electron chi connectivity index (χ3n) is 7.86. The van der Waals surface area contributed by atoms with Crippen molar-refractivity contribution in [1.29, 1.82) is 5.26 Å². The molecule has 0 spiro atoms. The number of esters is 1. The molecule has 11 heteroatoms. The van der Waals surface area contributed by atoms with Crippen molar-refractivity contribution in [2.45, 2.75) is 44.9 Å². The second-order valence-electron chi connectivity index (χ2n) is 12.3. The Hall–Kier alpha value is -5.34. The number of para-hydroxylation sites is 1. The summed E-state index contributed by atoms with van der Waals surface area (Å²) in [5.74, 6) is -0.655. The van der Waals surface area contributed by atoms with Crippen molar-refractivity contribution in [3.05, 3.63) is 89.6 Å². The average molecular weight is 638 g/mol. The number of fused-ring (bicyclic) bond motifs is 1. The van der Waals surface area contributed by atoms with E-state index in [0.717, 1.165) is 27.6 Å². The number of carbonyl (C=O) groups excluding carboxylic acids is 3. The highest BCUT2D eigenvalue weighted by Crippen LogP contribution is 2.28. The number of amides is 2. The molecule has 3 aromatic carbocycles. The van der Waals surface area contributed by atoms with Gasteiger partial charge in [0.15, 0.2) is 0 Å². The van der Waals surface area contributed by atoms with E-state index in [0.29, 0.717) is 44.0 Å². The molecule has 11 nitrogen and oxygen atoms in total. The third-order valence-corrected chi connectivity index (χ3v) is 7.86. The van der Waals surface area contributed by atoms with Gasteiger partial charge in [-0.1, -0.05) is 36.4 Å². The first-order chi connectivity index (χ1) is 22.6. The number of nitrogens with one attached hydrogen (secondary N) is 3. The number of morpholine rings is 1. The number of aromatic nitrogens is 1. The van der Waals surface area contributed by atoms with Crippen LogP contribution < -0.4 is 10.6 Å². The minimum absolute atomic E-state index is 0.0561. The molecule has 0 unspecified atom stereocenters. The van der Waals surface area contributed by atoms with Gasteiger partial charge in [-0.25, -0.2) is 9.59 Å². The summed E-state index contributed by atoms with van der Waals surface area (Å²) in [6.07, 6.45) is 1.50. The Kier molecular flexibility index (Phi) is 10.1. The number of nitriles is 1. The lowest BCUT2D eigenvalue weighted by molar-refractivity contribution is 0.0303. The largest absolute Gasteiger partial charge is 0.465 e. The van der Waals surface area contributed by atoms with E-state index in [2.05, 4.69) is 21.7 Å². The van der Waals surface area contributed by atoms with Gasteiger partial charge in [0.1, 0.15) is 11.6 Å². The molecule has 1 saturated heterocycles. The Labute approximate surface area is 273 Å². The summed E-state index contributed by atoms with van der Waals surface area (Å²) in [7, 11) is 1.29. The van der Waals surface area contributed by atoms with Gasteiger partial charge in [0, 0.05) is 41.4 Å². The normalized spacial score (nSPS) is 14.5. The highest BCUT2D eigenvalue weighted by Gasteiger charge is 2.29. The second kappa shape index (κ2) is 14.4. The van der Waals surface area contributed by atoms with E-state index in [1.807, 2.05) is 48.7 Å². The van der Waals surface area contributed by atoms with E-state index < -0.39 is 29.7 Å². The summed E-state index contributed by atoms with van der Waals surface area (Å²) in [6.45, 7) is 7.44. The zero-order valence-corrected chi connectivity index (χ0v) is 27.0. The van der Waals surface area contributed by atoms with Gasteiger partial charge in [-0.05, 0) is 74.2 Å². The van der Waals surface area contributed by atoms with Crippen LogP contribution in [-0.4, -0.2) is 79.0 Å². The van der Waals surface area contributed by atoms with E-state index >= 15 is 0 Å². The predicted octanol–water partition coefficient (Wildman–Crippen LogP) is 5.53. The van der Waals surface area contributed by atoms with E-state index in [1.54, 1.807) is 49.9 Å². The minimum Gasteiger partial charge on any atom is -0.465 e. The number of benzene rings is 3. The number of hydrogen-bond donors (Lipinski definition) is 3. The van der Waals surface area contributed by atoms with Crippen LogP contribution in [0, 0.1) is 11.3 Å². The molecule has 1 fully saturated rings. The number of carbonyl (C=O) groups is 3. The molecule has 5 rings (SSSR count). The molecule has 2 atom stereocenters. The molecule has 4 aromatic rings. The number of ether oxygens (including phenoxy) is 3. The summed E-state index contributed by atoms with van der Waals surface area (Å²) in [5.41, 5.74) is 3.75. The Bertz CT molecular complexity index is 1780. The van der Waals surface area contributed by atoms with Crippen LogP contribution in [0.2, 0.25) is 0 Å². The molecule has 0 radical (unpaired) electrons. The molecule has 3 N–H and O–H groups in total. The number of anilines is 1. The van der Waals surface area contributed by atoms with E-state index in [-0.39, 0.29) is 11.5 Å². The molecular formula is C36H39N5O6. The molecule has 47 heavy (non-hydrogen) atoms. The molecular weight excluding hydrogens is 598 g/mol. The minimum atomic E-state index is -0.962. The monoisotopic (exact) mass is 637 g/mol. The van der Waals surface area contributed by atoms with Gasteiger partial charge in [-0.2, -0.15) is 5.26 Å². The van der Waals surface area contributed by atoms with Crippen molar-refractivity contribution in [2.75, 3.05) is 38.7 Å². The van der Waals surface area contributed by atoms with Gasteiger partial charge in [0.05, 0.1) is 38.0 Å². The Morgan fingerprint density at radius 1 is 1.02 bits per heavy atom. The molecule has 0 bridgehead atoms. The fraction of sp³-hybridized carbons (Fsp3) is 0.333. The quantitative estimate of drug-likeness (QED) is 0.203. The summed E-state index contributed by atoms with van der Waals surface area (Å²) in [4.78, 5) is 43.8. The first-order valence-corrected chi connectivity index (χ1v) is 15.5. The topological polar surface area (TPSA) is 146 Å². The lowest BCUT2D eigenvalue weighted by atomic mass is 9.97. The van der Waals surface area contributed by atoms with Crippen LogP contribution in [0.25, 0.3) is 22.0 Å². The van der Waals surface area contributed by atoms with Crippen LogP contribution in [-0.2, 0) is 20.6 Å². The number of nitrogens with zero attached hydrogens (tertiary/aromatic N) is 2. The predicted molar refractivity (Wildman–Crippen MR) is 178 cm³/mol. The Morgan fingerprint density at radius 3 is 2.40 bits per heavy atom. The molecule has 1 aromatic heterocycles. The van der Waals surface area contributed by atoms with Crippen LogP contribution in [0.5, 0.6) is 0 Å². The maximum absolute atomic E-state index is 13.0. The first-order valence-electron chi connectivity index (χ1n) is 15.5. The zero-order valence-electron chi connectivity index (χ0n) is 27.0. The number of hydrogen-bond acceptors (Lipinski definition) is 8. The summed E-state index contributed by atoms with van der Waals surface area (Å²) in [5, 5.41) is 17.4. The molecule has 244 valence electrons. The van der Waals surface area contributed by atoms with Gasteiger partial charge in [0.25, 0.3) is 5.91 Å². The number of methoxy groups -OCH3 is 1. The van der Waals surface area contributed by atoms with Gasteiger partial charge >= 0.3 is 12.1 Å². The highest BCUT2D eigenvalue weighted by molar-refractivity contribution is 5.98. The summed E-state index contributed by atoms with van der Waals surface area (Å²) >= 11 is 0. The van der Waals surface area contributed by atoms with E-state index in [4.69, 9.17) is 14.2 Å². The molecule has 2 amide bonds. The Balaban J connectivity index is 1.41. The molecule has 2 heterocycles. The van der Waals surface area contributed by atoms with Crippen LogP contribution in [0.1, 0.15) is 47.1 Å². The van der Waals surface area contributed by atoms with Crippen molar-refractivity contribution < 1.29 is 28.6 Å². The smallest absolute Gasteiger partial charge is 0.407 e. The lowest BCUT2D eigenvalue weighted by Crippen LogP contribution is -2.49. The van der Waals surface area contributed by atoms with Crippen molar-refractivity contribution in [2.24, 2.45) is 0 Å². The number of aromatic amines is 1. The molecule has 1 aliphatic rings. The summed E-state index contributed by atoms with van der Waals surface area (Å²) in [6, 6.07) is 20.7. The average Bonchev–Trinajstić information content (AvgIpc) is 3.48. The van der Waals surface area contributed by atoms with Crippen molar-refractivity contribution in [3.63, 3.8) is 0 Å². The standard InChI is InChI=1S/C36H39N5O6/c1-36(2,3)47-35(44)40-31(20-26-22-38-29-8-6-5-7-27(26)29)32(21-37)39-30-14-13-25(19-28(30)34(43)45-4)23-9-11-24(12-10-23)33(42)41-15-17-46-18-16-41/h5-14,19,22,31-32,38-39H,15-18,20H2,1-4H3,(H,40,44)/t31-,32-/m0/s1. The first kappa shape index (κ1) is 33.0. The van der Waals surface area contributed by atoms with Crippen LogP contribution in [0.4, 0.5) is 10.5 Å². The Morgan fingerprint density at radius 2 is 1.72 bits per heavy atom. The van der Waals surface area contributed by atoms with E-state index in [9.17, 15) is 19.6 Å². The molecule has 0 aliphatic carbocycles. The van der Waals surface area contributed by atoms with E-state index in [1.165, 1.54) is 7.11 Å². The zero-order chi connectivity index (χ0) is 33.6. The second-order valence-corrected chi connectivity index (χ2v) is 12.3. The fourth-order valence-corrected chi connectivity index (χ4v) is 5.52. The van der Waals surface area contributed by atoms with Gasteiger partial charge in [-0.15, -0.1) is 0 Å². The maximum atomic E-state index is 13.0. The lowest BCUT2D eigenvalue weighted by Gasteiger charge is -2.27. The van der Waals surface area contributed by atoms with Crippen molar-refractivity contribution >= 4 is 34.6 Å². The van der Waals surface area contributed by atoms with Crippen LogP contribution in [0.15, 0.2) is 72.9 Å². The molecule has 1 aliphatic heterocycles. The highest BCUT2D eigenvalue weighted by atomic mass is 16.6.